The molecule has 1 aliphatic rings. The molecule has 5 nitrogen and oxygen atoms in total. The molecule has 1 aromatic rings. The van der Waals surface area contributed by atoms with Gasteiger partial charge < -0.3 is 11.5 Å². The molecule has 0 aliphatic heterocycles. The fraction of sp³-hybridized carbons (Fsp3) is 0. The summed E-state index contributed by atoms with van der Waals surface area (Å²) in [6.07, 6.45) is 13.2. The Kier molecular flexibility index (Phi) is 4.42. The Labute approximate surface area is 130 Å². The Bertz CT molecular complexity index is 726. The highest BCUT2D eigenvalue weighted by molar-refractivity contribution is 14.1. The van der Waals surface area contributed by atoms with Gasteiger partial charge in [0.25, 0.3) is 5.91 Å². The van der Waals surface area contributed by atoms with E-state index in [0.29, 0.717) is 0 Å². The fourth-order valence-corrected chi connectivity index (χ4v) is 1.97. The minimum atomic E-state index is -0.639. The van der Waals surface area contributed by atoms with Crippen molar-refractivity contribution in [3.05, 3.63) is 59.4 Å². The van der Waals surface area contributed by atoms with Crippen LogP contribution in [0.2, 0.25) is 0 Å². The number of nitrogens with zero attached hydrogens (tertiary/aromatic N) is 2. The van der Waals surface area contributed by atoms with E-state index in [1.165, 1.54) is 2.90 Å². The highest BCUT2D eigenvalue weighted by atomic mass is 127. The van der Waals surface area contributed by atoms with Crippen LogP contribution in [0.5, 0.6) is 0 Å². The lowest BCUT2D eigenvalue weighted by Gasteiger charge is -1.93. The van der Waals surface area contributed by atoms with Gasteiger partial charge in [0.2, 0.25) is 0 Å². The zero-order valence-electron chi connectivity index (χ0n) is 10.4. The van der Waals surface area contributed by atoms with E-state index in [2.05, 4.69) is 16.9 Å². The van der Waals surface area contributed by atoms with Gasteiger partial charge in [0.1, 0.15) is 11.4 Å². The molecular formula is C14H11IN4O. The maximum Gasteiger partial charge on any atom is 0.255 e. The molecule has 1 aromatic heterocycles. The highest BCUT2D eigenvalue weighted by Gasteiger charge is 2.17. The van der Waals surface area contributed by atoms with E-state index in [-0.39, 0.29) is 17.1 Å². The van der Waals surface area contributed by atoms with Crippen LogP contribution in [-0.4, -0.2) is 13.9 Å². The van der Waals surface area contributed by atoms with Crippen molar-refractivity contribution in [1.82, 2.24) is 7.99 Å². The van der Waals surface area contributed by atoms with Crippen LogP contribution in [0.1, 0.15) is 16.1 Å². The molecular weight excluding hydrogens is 367 g/mol. The number of anilines is 1. The molecule has 0 atom stereocenters. The molecule has 0 bridgehead atoms. The lowest BCUT2D eigenvalue weighted by molar-refractivity contribution is 0.100. The van der Waals surface area contributed by atoms with Crippen molar-refractivity contribution in [3.63, 3.8) is 0 Å². The maximum atomic E-state index is 11.4. The molecule has 1 aliphatic carbocycles. The van der Waals surface area contributed by atoms with Crippen LogP contribution in [0.25, 0.3) is 0 Å². The second kappa shape index (κ2) is 6.25. The van der Waals surface area contributed by atoms with Crippen LogP contribution in [0.15, 0.2) is 48.1 Å². The molecule has 0 fully saturated rings. The molecule has 0 spiro atoms. The van der Waals surface area contributed by atoms with Gasteiger partial charge in [0.15, 0.2) is 5.69 Å². The van der Waals surface area contributed by atoms with Gasteiger partial charge in [0, 0.05) is 5.57 Å². The van der Waals surface area contributed by atoms with Gasteiger partial charge >= 0.3 is 0 Å². The SMILES string of the molecule is NC(=O)c1c(C#CC2=C/C=C\C=C/C=C\2)nn(I)c1N. The van der Waals surface area contributed by atoms with Crippen molar-refractivity contribution < 1.29 is 4.79 Å². The number of carbonyl (C=O) groups is 1. The van der Waals surface area contributed by atoms with Gasteiger partial charge in [-0.2, -0.15) is 7.99 Å². The quantitative estimate of drug-likeness (QED) is 0.576. The molecule has 0 radical (unpaired) electrons. The number of rotatable bonds is 1. The van der Waals surface area contributed by atoms with Crippen molar-refractivity contribution in [2.75, 3.05) is 5.73 Å². The summed E-state index contributed by atoms with van der Waals surface area (Å²) in [5, 5.41) is 4.08. The monoisotopic (exact) mass is 378 g/mol. The first kappa shape index (κ1) is 14.1. The minimum absolute atomic E-state index is 0.151. The van der Waals surface area contributed by atoms with Crippen molar-refractivity contribution in [2.24, 2.45) is 5.73 Å². The van der Waals surface area contributed by atoms with Crippen molar-refractivity contribution >= 4 is 34.6 Å². The second-order valence-corrected chi connectivity index (χ2v) is 4.75. The highest BCUT2D eigenvalue weighted by Crippen LogP contribution is 2.17. The Morgan fingerprint density at radius 1 is 1.20 bits per heavy atom. The predicted octanol–water partition coefficient (Wildman–Crippen LogP) is 1.72. The predicted molar refractivity (Wildman–Crippen MR) is 87.0 cm³/mol. The fourth-order valence-electron chi connectivity index (χ4n) is 1.52. The number of hydrogen-bond acceptors (Lipinski definition) is 3. The lowest BCUT2D eigenvalue weighted by atomic mass is 10.1. The average Bonchev–Trinajstić information content (AvgIpc) is 2.63. The number of halogens is 1. The van der Waals surface area contributed by atoms with Gasteiger partial charge in [-0.25, -0.2) is 0 Å². The maximum absolute atomic E-state index is 11.4. The Hall–Kier alpha value is -2.27. The summed E-state index contributed by atoms with van der Waals surface area (Å²) in [4.78, 5) is 11.4. The van der Waals surface area contributed by atoms with E-state index in [0.717, 1.165) is 5.57 Å². The number of hydrogen-bond donors (Lipinski definition) is 2. The van der Waals surface area contributed by atoms with Gasteiger partial charge in [-0.3, -0.25) is 4.79 Å². The normalized spacial score (nSPS) is 20.6. The molecule has 100 valence electrons. The van der Waals surface area contributed by atoms with Crippen molar-refractivity contribution in [3.8, 4) is 11.8 Å². The van der Waals surface area contributed by atoms with Crippen molar-refractivity contribution in [2.45, 2.75) is 0 Å². The third kappa shape index (κ3) is 3.19. The third-order valence-electron chi connectivity index (χ3n) is 2.45. The Morgan fingerprint density at radius 3 is 2.65 bits per heavy atom. The molecule has 2 rings (SSSR count). The molecule has 0 saturated heterocycles. The Morgan fingerprint density at radius 2 is 1.90 bits per heavy atom. The summed E-state index contributed by atoms with van der Waals surface area (Å²) >= 11 is 1.87. The summed E-state index contributed by atoms with van der Waals surface area (Å²) in [5.41, 5.74) is 12.2. The molecule has 0 unspecified atom stereocenters. The standard InChI is InChI=1S/C14H11IN4O/c15-19-13(16)12(14(17)20)11(18-19)9-8-10-6-4-2-1-3-5-7-10/h1-7H,16H2,(H2,17,20)/b2-1-,3-1?,4-2?,5-3-,6-4-,7-5?,10-6?,10-7+. The zero-order valence-corrected chi connectivity index (χ0v) is 12.5. The summed E-state index contributed by atoms with van der Waals surface area (Å²) in [5.74, 6) is 5.33. The first-order valence-corrected chi connectivity index (χ1v) is 6.64. The van der Waals surface area contributed by atoms with Crippen molar-refractivity contribution in [1.29, 1.82) is 0 Å². The summed E-state index contributed by atoms with van der Waals surface area (Å²) in [7, 11) is 0. The first-order chi connectivity index (χ1) is 9.59. The number of aromatic nitrogens is 2. The largest absolute Gasteiger partial charge is 0.383 e. The minimum Gasteiger partial charge on any atom is -0.383 e. The van der Waals surface area contributed by atoms with Gasteiger partial charge in [0.05, 0.1) is 22.9 Å². The summed E-state index contributed by atoms with van der Waals surface area (Å²) < 4.78 is 1.35. The summed E-state index contributed by atoms with van der Waals surface area (Å²) in [6, 6.07) is 0. The van der Waals surface area contributed by atoms with Gasteiger partial charge in [-0.05, 0) is 18.1 Å². The number of nitrogen functional groups attached to an aromatic ring is 1. The van der Waals surface area contributed by atoms with E-state index in [1.54, 1.807) is 0 Å². The number of primary amides is 1. The molecule has 0 saturated carbocycles. The zero-order chi connectivity index (χ0) is 14.5. The van der Waals surface area contributed by atoms with E-state index >= 15 is 0 Å². The lowest BCUT2D eigenvalue weighted by Crippen LogP contribution is -2.14. The number of nitrogens with two attached hydrogens (primary N) is 2. The molecule has 4 N–H and O–H groups in total. The van der Waals surface area contributed by atoms with Crippen LogP contribution < -0.4 is 11.5 Å². The second-order valence-electron chi connectivity index (χ2n) is 3.83. The number of carbonyl (C=O) groups excluding carboxylic acids is 1. The van der Waals surface area contributed by atoms with Crippen LogP contribution >= 0.6 is 22.9 Å². The molecule has 20 heavy (non-hydrogen) atoms. The average molecular weight is 378 g/mol. The third-order valence-corrected chi connectivity index (χ3v) is 3.18. The van der Waals surface area contributed by atoms with Gasteiger partial charge in [-0.15, -0.1) is 0 Å². The molecule has 6 heteroatoms. The van der Waals surface area contributed by atoms with Gasteiger partial charge in [-0.1, -0.05) is 36.3 Å². The van der Waals surface area contributed by atoms with Crippen LogP contribution in [0, 0.1) is 11.8 Å². The van der Waals surface area contributed by atoms with Crippen LogP contribution in [-0.2, 0) is 0 Å². The smallest absolute Gasteiger partial charge is 0.255 e. The Balaban J connectivity index is 2.39. The summed E-state index contributed by atoms with van der Waals surface area (Å²) in [6.45, 7) is 0. The first-order valence-electron chi connectivity index (χ1n) is 5.68. The van der Waals surface area contributed by atoms with E-state index < -0.39 is 5.91 Å². The molecule has 1 heterocycles. The molecule has 1 amide bonds. The topological polar surface area (TPSA) is 86.9 Å². The van der Waals surface area contributed by atoms with E-state index in [1.807, 2.05) is 65.4 Å². The number of amides is 1. The molecule has 0 aromatic carbocycles. The van der Waals surface area contributed by atoms with E-state index in [9.17, 15) is 4.79 Å². The van der Waals surface area contributed by atoms with Crippen LogP contribution in [0.3, 0.4) is 0 Å². The number of allylic oxidation sites excluding steroid dienone is 8. The van der Waals surface area contributed by atoms with Crippen LogP contribution in [0.4, 0.5) is 5.82 Å². The van der Waals surface area contributed by atoms with E-state index in [4.69, 9.17) is 11.5 Å².